The first-order chi connectivity index (χ1) is 20.6. The standard InChI is InChI=1S/C32H39Cl2N5O5/c1-16(2)26(39-31(43)44-32(4,5)6)30(42)37-20-9-7-19(8-10-20)36-27-21(17(3)40)15-35-25-12-11-24(38-28(25)27)18-13-22(33)29(41)23(34)14-18/h11-16,19-20,26,41H,7-10H2,1-6H3,(H,35,36)(H,37,42)(H,39,43)/t19-,20-,26?. The molecule has 1 aromatic carbocycles. The van der Waals surface area contributed by atoms with Crippen LogP contribution in [0.2, 0.25) is 10.0 Å². The number of anilines is 1. The molecular formula is C32H39Cl2N5O5. The van der Waals surface area contributed by atoms with E-state index in [1.165, 1.54) is 6.92 Å². The summed E-state index contributed by atoms with van der Waals surface area (Å²) in [6.45, 7) is 10.5. The summed E-state index contributed by atoms with van der Waals surface area (Å²) in [5.74, 6) is -0.724. The van der Waals surface area contributed by atoms with Crippen molar-refractivity contribution in [1.82, 2.24) is 20.6 Å². The fourth-order valence-corrected chi connectivity index (χ4v) is 5.69. The number of aromatic nitrogens is 2. The highest BCUT2D eigenvalue weighted by Crippen LogP contribution is 2.37. The predicted molar refractivity (Wildman–Crippen MR) is 172 cm³/mol. The number of aromatic hydroxyl groups is 1. The van der Waals surface area contributed by atoms with Crippen LogP contribution in [0.5, 0.6) is 5.75 Å². The Kier molecular flexibility index (Phi) is 10.3. The molecule has 0 radical (unpaired) electrons. The number of pyridine rings is 2. The Morgan fingerprint density at radius 3 is 2.20 bits per heavy atom. The van der Waals surface area contributed by atoms with Gasteiger partial charge in [0.2, 0.25) is 5.91 Å². The molecule has 1 aliphatic rings. The zero-order valence-electron chi connectivity index (χ0n) is 25.8. The summed E-state index contributed by atoms with van der Waals surface area (Å²) in [5.41, 5.74) is 2.64. The van der Waals surface area contributed by atoms with E-state index in [1.807, 2.05) is 19.9 Å². The number of phenolic OH excluding ortho intramolecular Hbond substituents is 1. The van der Waals surface area contributed by atoms with Crippen molar-refractivity contribution in [2.24, 2.45) is 5.92 Å². The number of nitrogens with zero attached hydrogens (tertiary/aromatic N) is 2. The molecule has 12 heteroatoms. The number of ether oxygens (including phenoxy) is 1. The summed E-state index contributed by atoms with van der Waals surface area (Å²) < 4.78 is 5.34. The van der Waals surface area contributed by atoms with Crippen LogP contribution in [0.1, 0.15) is 77.6 Å². The highest BCUT2D eigenvalue weighted by atomic mass is 35.5. The molecule has 4 N–H and O–H groups in total. The highest BCUT2D eigenvalue weighted by Gasteiger charge is 2.30. The van der Waals surface area contributed by atoms with E-state index in [9.17, 15) is 19.5 Å². The molecule has 0 saturated heterocycles. The average molecular weight is 645 g/mol. The van der Waals surface area contributed by atoms with E-state index in [-0.39, 0.29) is 45.5 Å². The van der Waals surface area contributed by atoms with Crippen LogP contribution in [0.25, 0.3) is 22.3 Å². The molecule has 1 aliphatic carbocycles. The average Bonchev–Trinajstić information content (AvgIpc) is 2.94. The fraction of sp³-hybridized carbons (Fsp3) is 0.469. The number of hydrogen-bond donors (Lipinski definition) is 4. The number of carbonyl (C=O) groups is 3. The Hall–Kier alpha value is -3.63. The molecule has 1 saturated carbocycles. The van der Waals surface area contributed by atoms with Crippen LogP contribution < -0.4 is 16.0 Å². The maximum absolute atomic E-state index is 13.1. The first-order valence-electron chi connectivity index (χ1n) is 14.7. The van der Waals surface area contributed by atoms with Gasteiger partial charge in [-0.3, -0.25) is 14.6 Å². The van der Waals surface area contributed by atoms with Crippen molar-refractivity contribution in [3.05, 3.63) is 46.1 Å². The minimum atomic E-state index is -0.722. The molecule has 0 bridgehead atoms. The third-order valence-electron chi connectivity index (χ3n) is 7.45. The van der Waals surface area contributed by atoms with Gasteiger partial charge in [0, 0.05) is 23.8 Å². The monoisotopic (exact) mass is 643 g/mol. The number of nitrogens with one attached hydrogen (secondary N) is 3. The Balaban J connectivity index is 1.49. The number of phenols is 1. The highest BCUT2D eigenvalue weighted by molar-refractivity contribution is 6.37. The topological polar surface area (TPSA) is 143 Å². The van der Waals surface area contributed by atoms with Gasteiger partial charge in [0.1, 0.15) is 17.2 Å². The summed E-state index contributed by atoms with van der Waals surface area (Å²) >= 11 is 12.3. The SMILES string of the molecule is CC(=O)c1cnc2ccc(-c3cc(Cl)c(O)c(Cl)c3)nc2c1N[C@H]1CC[C@H](NC(=O)C(NC(=O)OC(C)(C)C)C(C)C)CC1. The summed E-state index contributed by atoms with van der Waals surface area (Å²) in [7, 11) is 0. The van der Waals surface area contributed by atoms with Crippen LogP contribution in [-0.2, 0) is 9.53 Å². The van der Waals surface area contributed by atoms with Crippen molar-refractivity contribution in [2.75, 3.05) is 5.32 Å². The summed E-state index contributed by atoms with van der Waals surface area (Å²) in [6.07, 6.45) is 3.82. The van der Waals surface area contributed by atoms with Gasteiger partial charge in [-0.15, -0.1) is 0 Å². The molecule has 0 spiro atoms. The van der Waals surface area contributed by atoms with E-state index in [0.717, 1.165) is 12.8 Å². The zero-order valence-corrected chi connectivity index (χ0v) is 27.3. The lowest BCUT2D eigenvalue weighted by atomic mass is 9.90. The molecule has 1 unspecified atom stereocenters. The number of benzene rings is 1. The number of alkyl carbamates (subject to hydrolysis) is 1. The summed E-state index contributed by atoms with van der Waals surface area (Å²) in [4.78, 5) is 47.3. The molecule has 2 amide bonds. The lowest BCUT2D eigenvalue weighted by molar-refractivity contribution is -0.125. The number of halogens is 2. The van der Waals surface area contributed by atoms with Crippen LogP contribution in [-0.4, -0.2) is 56.6 Å². The number of hydrogen-bond acceptors (Lipinski definition) is 8. The van der Waals surface area contributed by atoms with Crippen molar-refractivity contribution in [3.8, 4) is 17.0 Å². The normalized spacial score (nSPS) is 17.7. The third kappa shape index (κ3) is 8.09. The van der Waals surface area contributed by atoms with Crippen LogP contribution >= 0.6 is 23.2 Å². The van der Waals surface area contributed by atoms with Crippen LogP contribution in [0.3, 0.4) is 0 Å². The number of rotatable bonds is 8. The van der Waals surface area contributed by atoms with Crippen molar-refractivity contribution < 1.29 is 24.2 Å². The molecular weight excluding hydrogens is 605 g/mol. The molecule has 44 heavy (non-hydrogen) atoms. The van der Waals surface area contributed by atoms with E-state index in [1.54, 1.807) is 45.2 Å². The Morgan fingerprint density at radius 1 is 1.02 bits per heavy atom. The molecule has 236 valence electrons. The first kappa shape index (κ1) is 33.3. The van der Waals surface area contributed by atoms with E-state index in [0.29, 0.717) is 46.4 Å². The van der Waals surface area contributed by atoms with Crippen molar-refractivity contribution in [3.63, 3.8) is 0 Å². The molecule has 10 nitrogen and oxygen atoms in total. The Bertz CT molecular complexity index is 1540. The molecule has 1 atom stereocenters. The Labute approximate surface area is 267 Å². The number of ketones is 1. The molecule has 1 fully saturated rings. The number of amides is 2. The minimum Gasteiger partial charge on any atom is -0.505 e. The van der Waals surface area contributed by atoms with E-state index >= 15 is 0 Å². The molecule has 0 aliphatic heterocycles. The maximum atomic E-state index is 13.1. The molecule has 2 aromatic heterocycles. The first-order valence-corrected chi connectivity index (χ1v) is 15.4. The summed E-state index contributed by atoms with van der Waals surface area (Å²) in [6, 6.07) is 5.99. The zero-order chi connectivity index (χ0) is 32.3. The lowest BCUT2D eigenvalue weighted by Gasteiger charge is -2.32. The van der Waals surface area contributed by atoms with Crippen LogP contribution in [0, 0.1) is 5.92 Å². The number of carbonyl (C=O) groups excluding carboxylic acids is 3. The van der Waals surface area contributed by atoms with Gasteiger partial charge in [-0.25, -0.2) is 9.78 Å². The van der Waals surface area contributed by atoms with E-state index < -0.39 is 17.7 Å². The van der Waals surface area contributed by atoms with E-state index in [2.05, 4.69) is 20.9 Å². The van der Waals surface area contributed by atoms with Gasteiger partial charge in [0.25, 0.3) is 0 Å². The molecule has 2 heterocycles. The predicted octanol–water partition coefficient (Wildman–Crippen LogP) is 6.90. The second-order valence-electron chi connectivity index (χ2n) is 12.5. The maximum Gasteiger partial charge on any atom is 0.408 e. The van der Waals surface area contributed by atoms with Gasteiger partial charge in [0.05, 0.1) is 32.5 Å². The quantitative estimate of drug-likeness (QED) is 0.194. The van der Waals surface area contributed by atoms with Gasteiger partial charge in [-0.2, -0.15) is 0 Å². The second-order valence-corrected chi connectivity index (χ2v) is 13.3. The summed E-state index contributed by atoms with van der Waals surface area (Å²) in [5, 5.41) is 19.5. The van der Waals surface area contributed by atoms with Gasteiger partial charge >= 0.3 is 6.09 Å². The lowest BCUT2D eigenvalue weighted by Crippen LogP contribution is -2.53. The van der Waals surface area contributed by atoms with Gasteiger partial charge in [-0.1, -0.05) is 37.0 Å². The smallest absolute Gasteiger partial charge is 0.408 e. The van der Waals surface area contributed by atoms with Crippen molar-refractivity contribution in [2.45, 2.75) is 91.0 Å². The number of Topliss-reactive ketones (excluding diaryl/α,β-unsaturated/α-hetero) is 1. The van der Waals surface area contributed by atoms with Gasteiger partial charge in [-0.05, 0) is 83.6 Å². The van der Waals surface area contributed by atoms with Crippen LogP contribution in [0.4, 0.5) is 10.5 Å². The van der Waals surface area contributed by atoms with Crippen molar-refractivity contribution >= 4 is 57.7 Å². The van der Waals surface area contributed by atoms with Crippen molar-refractivity contribution in [1.29, 1.82) is 0 Å². The van der Waals surface area contributed by atoms with Gasteiger partial charge < -0.3 is 25.8 Å². The van der Waals surface area contributed by atoms with E-state index in [4.69, 9.17) is 32.9 Å². The second kappa shape index (κ2) is 13.6. The van der Waals surface area contributed by atoms with Gasteiger partial charge in [0.15, 0.2) is 11.5 Å². The fourth-order valence-electron chi connectivity index (χ4n) is 5.20. The third-order valence-corrected chi connectivity index (χ3v) is 8.02. The molecule has 3 aromatic rings. The molecule has 4 rings (SSSR count). The minimum absolute atomic E-state index is 0.0238. The number of fused-ring (bicyclic) bond motifs is 1. The Morgan fingerprint density at radius 2 is 1.64 bits per heavy atom. The van der Waals surface area contributed by atoms with Crippen LogP contribution in [0.15, 0.2) is 30.5 Å². The largest absolute Gasteiger partial charge is 0.505 e.